The maximum absolute atomic E-state index is 10.7. The maximum atomic E-state index is 10.7. The number of aliphatic hydroxyl groups is 1. The summed E-state index contributed by atoms with van der Waals surface area (Å²) in [6.07, 6.45) is -0.897. The fraction of sp³-hybridized carbons (Fsp3) is 0.300. The minimum Gasteiger partial charge on any atom is -0.465 e. The first-order valence-corrected chi connectivity index (χ1v) is 4.40. The third-order valence-electron chi connectivity index (χ3n) is 2.45. The molecule has 74 valence electrons. The first-order chi connectivity index (χ1) is 6.70. The van der Waals surface area contributed by atoms with Crippen LogP contribution in [-0.2, 0) is 19.7 Å². The van der Waals surface area contributed by atoms with Gasteiger partial charge >= 0.3 is 6.09 Å². The van der Waals surface area contributed by atoms with Crippen molar-refractivity contribution in [2.24, 2.45) is 0 Å². The Kier molecular flexibility index (Phi) is 2.13. The van der Waals surface area contributed by atoms with Gasteiger partial charge in [-0.2, -0.15) is 0 Å². The van der Waals surface area contributed by atoms with Gasteiger partial charge in [-0.1, -0.05) is 18.2 Å². The lowest BCUT2D eigenvalue weighted by atomic mass is 10.1. The van der Waals surface area contributed by atoms with Crippen molar-refractivity contribution in [3.8, 4) is 0 Å². The molecule has 0 saturated heterocycles. The second-order valence-corrected chi connectivity index (χ2v) is 3.40. The second kappa shape index (κ2) is 3.31. The molecule has 0 unspecified atom stereocenters. The van der Waals surface area contributed by atoms with Crippen LogP contribution in [0, 0.1) is 0 Å². The largest absolute Gasteiger partial charge is 0.465 e. The van der Waals surface area contributed by atoms with Crippen molar-refractivity contribution in [1.29, 1.82) is 0 Å². The van der Waals surface area contributed by atoms with Gasteiger partial charge in [0.25, 0.3) is 0 Å². The molecule has 14 heavy (non-hydrogen) atoms. The summed E-state index contributed by atoms with van der Waals surface area (Å²) >= 11 is 0. The number of nitrogens with zero attached hydrogens (tertiary/aromatic N) is 1. The van der Waals surface area contributed by atoms with Gasteiger partial charge in [0, 0.05) is 13.1 Å². The predicted molar refractivity (Wildman–Crippen MR) is 49.6 cm³/mol. The van der Waals surface area contributed by atoms with Crippen LogP contribution in [0.2, 0.25) is 0 Å². The molecule has 1 aromatic rings. The summed E-state index contributed by atoms with van der Waals surface area (Å²) in [7, 11) is 0. The fourth-order valence-corrected chi connectivity index (χ4v) is 1.68. The molecule has 0 fully saturated rings. The van der Waals surface area contributed by atoms with Gasteiger partial charge in [0.2, 0.25) is 0 Å². The summed E-state index contributed by atoms with van der Waals surface area (Å²) in [5.41, 5.74) is 2.86. The zero-order valence-corrected chi connectivity index (χ0v) is 7.60. The number of fused-ring (bicyclic) bond motifs is 1. The fourth-order valence-electron chi connectivity index (χ4n) is 1.68. The van der Waals surface area contributed by atoms with E-state index >= 15 is 0 Å². The third-order valence-corrected chi connectivity index (χ3v) is 2.45. The average Bonchev–Trinajstić information content (AvgIpc) is 2.59. The minimum atomic E-state index is -0.897. The van der Waals surface area contributed by atoms with Crippen molar-refractivity contribution in [2.45, 2.75) is 19.7 Å². The van der Waals surface area contributed by atoms with E-state index in [0.717, 1.165) is 16.7 Å². The van der Waals surface area contributed by atoms with Gasteiger partial charge in [-0.15, -0.1) is 0 Å². The number of hydrogen-bond acceptors (Lipinski definition) is 2. The van der Waals surface area contributed by atoms with Gasteiger partial charge in [0.1, 0.15) is 0 Å². The molecule has 2 N–H and O–H groups in total. The van der Waals surface area contributed by atoms with E-state index in [1.54, 1.807) is 0 Å². The van der Waals surface area contributed by atoms with Crippen LogP contribution in [0.4, 0.5) is 4.79 Å². The van der Waals surface area contributed by atoms with Crippen molar-refractivity contribution in [3.05, 3.63) is 34.9 Å². The number of amides is 1. The summed E-state index contributed by atoms with van der Waals surface area (Å²) in [5, 5.41) is 17.7. The number of rotatable bonds is 1. The molecule has 0 aliphatic carbocycles. The monoisotopic (exact) mass is 193 g/mol. The molecular weight excluding hydrogens is 182 g/mol. The third kappa shape index (κ3) is 1.44. The highest BCUT2D eigenvalue weighted by Crippen LogP contribution is 2.23. The Hall–Kier alpha value is -1.55. The first kappa shape index (κ1) is 9.02. The molecule has 2 rings (SSSR count). The van der Waals surface area contributed by atoms with E-state index in [4.69, 9.17) is 10.2 Å². The van der Waals surface area contributed by atoms with Crippen molar-refractivity contribution >= 4 is 6.09 Å². The van der Waals surface area contributed by atoms with E-state index < -0.39 is 6.09 Å². The zero-order chi connectivity index (χ0) is 10.1. The Morgan fingerprint density at radius 1 is 1.36 bits per heavy atom. The molecule has 1 amide bonds. The van der Waals surface area contributed by atoms with E-state index in [9.17, 15) is 4.79 Å². The summed E-state index contributed by atoms with van der Waals surface area (Å²) in [6, 6.07) is 5.56. The molecule has 0 spiro atoms. The van der Waals surface area contributed by atoms with Crippen LogP contribution in [0.15, 0.2) is 18.2 Å². The molecule has 1 heterocycles. The quantitative estimate of drug-likeness (QED) is 0.703. The molecule has 1 aliphatic heterocycles. The van der Waals surface area contributed by atoms with Gasteiger partial charge in [0.15, 0.2) is 0 Å². The van der Waals surface area contributed by atoms with Crippen molar-refractivity contribution in [3.63, 3.8) is 0 Å². The number of carbonyl (C=O) groups is 1. The second-order valence-electron chi connectivity index (χ2n) is 3.40. The number of benzene rings is 1. The van der Waals surface area contributed by atoms with Crippen LogP contribution < -0.4 is 0 Å². The van der Waals surface area contributed by atoms with Crippen molar-refractivity contribution in [1.82, 2.24) is 4.90 Å². The number of aliphatic hydroxyl groups excluding tert-OH is 1. The Morgan fingerprint density at radius 2 is 2.07 bits per heavy atom. The molecule has 0 aromatic heterocycles. The topological polar surface area (TPSA) is 60.8 Å². The molecule has 0 atom stereocenters. The Labute approximate surface area is 81.4 Å². The molecule has 0 bridgehead atoms. The van der Waals surface area contributed by atoms with Gasteiger partial charge in [-0.25, -0.2) is 4.79 Å². The normalized spacial score (nSPS) is 14.2. The SMILES string of the molecule is O=C(O)N1Cc2ccc(CO)cc2C1. The summed E-state index contributed by atoms with van der Waals surface area (Å²) in [4.78, 5) is 12.1. The lowest BCUT2D eigenvalue weighted by molar-refractivity contribution is 0.145. The smallest absolute Gasteiger partial charge is 0.407 e. The van der Waals surface area contributed by atoms with Gasteiger partial charge in [0.05, 0.1) is 6.61 Å². The first-order valence-electron chi connectivity index (χ1n) is 4.40. The van der Waals surface area contributed by atoms with E-state index in [0.29, 0.717) is 13.1 Å². The lowest BCUT2D eigenvalue weighted by Gasteiger charge is -2.08. The van der Waals surface area contributed by atoms with Gasteiger partial charge in [-0.05, 0) is 16.7 Å². The standard InChI is InChI=1S/C10H11NO3/c12-6-7-1-2-8-4-11(10(13)14)5-9(8)3-7/h1-3,12H,4-6H2,(H,13,14). The van der Waals surface area contributed by atoms with Crippen LogP contribution in [-0.4, -0.2) is 21.2 Å². The Bertz CT molecular complexity index is 376. The highest BCUT2D eigenvalue weighted by molar-refractivity contribution is 5.66. The van der Waals surface area contributed by atoms with Crippen molar-refractivity contribution < 1.29 is 15.0 Å². The van der Waals surface area contributed by atoms with E-state index in [2.05, 4.69) is 0 Å². The molecule has 4 heteroatoms. The van der Waals surface area contributed by atoms with Gasteiger partial charge < -0.3 is 10.2 Å². The molecule has 0 saturated carbocycles. The van der Waals surface area contributed by atoms with Crippen LogP contribution in [0.1, 0.15) is 16.7 Å². The van der Waals surface area contributed by atoms with Crippen LogP contribution in [0.3, 0.4) is 0 Å². The zero-order valence-electron chi connectivity index (χ0n) is 7.60. The van der Waals surface area contributed by atoms with E-state index in [1.165, 1.54) is 4.90 Å². The van der Waals surface area contributed by atoms with Crippen LogP contribution in [0.25, 0.3) is 0 Å². The molecule has 4 nitrogen and oxygen atoms in total. The maximum Gasteiger partial charge on any atom is 0.407 e. The van der Waals surface area contributed by atoms with E-state index in [1.807, 2.05) is 18.2 Å². The molecule has 1 aliphatic rings. The Balaban J connectivity index is 2.27. The van der Waals surface area contributed by atoms with Crippen LogP contribution in [0.5, 0.6) is 0 Å². The summed E-state index contributed by atoms with van der Waals surface area (Å²) < 4.78 is 0. The average molecular weight is 193 g/mol. The molecular formula is C10H11NO3. The van der Waals surface area contributed by atoms with E-state index in [-0.39, 0.29) is 6.61 Å². The summed E-state index contributed by atoms with van der Waals surface area (Å²) in [6.45, 7) is 0.884. The molecule has 1 aromatic carbocycles. The highest BCUT2D eigenvalue weighted by atomic mass is 16.4. The van der Waals surface area contributed by atoms with Crippen LogP contribution >= 0.6 is 0 Å². The Morgan fingerprint density at radius 3 is 2.71 bits per heavy atom. The summed E-state index contributed by atoms with van der Waals surface area (Å²) in [5.74, 6) is 0. The number of carboxylic acid groups (broad SMARTS) is 1. The number of hydrogen-bond donors (Lipinski definition) is 2. The highest BCUT2D eigenvalue weighted by Gasteiger charge is 2.22. The van der Waals surface area contributed by atoms with Crippen molar-refractivity contribution in [2.75, 3.05) is 0 Å². The lowest BCUT2D eigenvalue weighted by Crippen LogP contribution is -2.22. The van der Waals surface area contributed by atoms with Gasteiger partial charge in [-0.3, -0.25) is 4.90 Å². The predicted octanol–water partition coefficient (Wildman–Crippen LogP) is 1.17. The minimum absolute atomic E-state index is 0.000349. The molecule has 0 radical (unpaired) electrons.